The van der Waals surface area contributed by atoms with E-state index in [4.69, 9.17) is 9.47 Å². The molecule has 0 saturated heterocycles. The number of pyridine rings is 1. The van der Waals surface area contributed by atoms with E-state index in [1.54, 1.807) is 61.4 Å². The molecule has 32 heavy (non-hydrogen) atoms. The van der Waals surface area contributed by atoms with Crippen LogP contribution in [-0.4, -0.2) is 39.6 Å². The van der Waals surface area contributed by atoms with Crippen LogP contribution in [0.25, 0.3) is 5.95 Å². The number of methoxy groups -OCH3 is 2. The Hall–Kier alpha value is -3.92. The van der Waals surface area contributed by atoms with Gasteiger partial charge in [-0.2, -0.15) is 4.98 Å². The average molecular weight is 495 g/mol. The molecule has 9 nitrogen and oxygen atoms in total. The summed E-state index contributed by atoms with van der Waals surface area (Å²) in [5, 5.41) is 6.04. The number of carbonyl (C=O) groups excluding carboxylic acids is 1. The van der Waals surface area contributed by atoms with Crippen molar-refractivity contribution in [3.63, 3.8) is 0 Å². The van der Waals surface area contributed by atoms with Crippen LogP contribution in [0.3, 0.4) is 0 Å². The van der Waals surface area contributed by atoms with Crippen LogP contribution in [-0.2, 0) is 0 Å². The van der Waals surface area contributed by atoms with Gasteiger partial charge in [-0.05, 0) is 52.3 Å². The fraction of sp³-hybridized carbons (Fsp3) is 0.0909. The Balaban J connectivity index is 1.58. The van der Waals surface area contributed by atoms with E-state index in [2.05, 4.69) is 41.5 Å². The lowest BCUT2D eigenvalue weighted by Gasteiger charge is -2.15. The summed E-state index contributed by atoms with van der Waals surface area (Å²) < 4.78 is 13.3. The summed E-state index contributed by atoms with van der Waals surface area (Å²) in [6, 6.07) is 14.2. The molecular formula is C22H19BrN6O3. The highest BCUT2D eigenvalue weighted by molar-refractivity contribution is 9.10. The molecule has 4 rings (SSSR count). The molecule has 1 amide bonds. The highest BCUT2D eigenvalue weighted by atomic mass is 79.9. The summed E-state index contributed by atoms with van der Waals surface area (Å²) in [5.74, 6) is 1.61. The second-order valence-corrected chi connectivity index (χ2v) is 7.33. The highest BCUT2D eigenvalue weighted by Crippen LogP contribution is 2.33. The summed E-state index contributed by atoms with van der Waals surface area (Å²) in [6.07, 6.45) is 5.30. The summed E-state index contributed by atoms with van der Waals surface area (Å²) in [4.78, 5) is 25.5. The Bertz CT molecular complexity index is 1250. The highest BCUT2D eigenvalue weighted by Gasteiger charge is 2.14. The number of halogens is 1. The lowest BCUT2D eigenvalue weighted by Crippen LogP contribution is -2.13. The molecule has 1 aromatic carbocycles. The van der Waals surface area contributed by atoms with Crippen molar-refractivity contribution in [3.05, 3.63) is 77.4 Å². The fourth-order valence-electron chi connectivity index (χ4n) is 2.92. The number of aromatic nitrogens is 4. The minimum Gasteiger partial charge on any atom is -0.494 e. The van der Waals surface area contributed by atoms with E-state index in [9.17, 15) is 4.79 Å². The predicted molar refractivity (Wildman–Crippen MR) is 124 cm³/mol. The van der Waals surface area contributed by atoms with Crippen LogP contribution in [0.2, 0.25) is 0 Å². The van der Waals surface area contributed by atoms with Crippen LogP contribution in [0.15, 0.2) is 71.7 Å². The van der Waals surface area contributed by atoms with Crippen molar-refractivity contribution in [2.75, 3.05) is 24.9 Å². The Morgan fingerprint density at radius 1 is 1.00 bits per heavy atom. The second kappa shape index (κ2) is 9.48. The first-order valence-corrected chi connectivity index (χ1v) is 10.3. The number of ether oxygens (including phenoxy) is 2. The second-order valence-electron chi connectivity index (χ2n) is 6.52. The predicted octanol–water partition coefficient (Wildman–Crippen LogP) is 4.44. The largest absolute Gasteiger partial charge is 0.494 e. The van der Waals surface area contributed by atoms with Gasteiger partial charge in [0, 0.05) is 24.1 Å². The van der Waals surface area contributed by atoms with Crippen molar-refractivity contribution < 1.29 is 14.3 Å². The molecule has 0 aliphatic rings. The van der Waals surface area contributed by atoms with E-state index in [1.807, 2.05) is 24.5 Å². The molecule has 162 valence electrons. The van der Waals surface area contributed by atoms with Crippen LogP contribution < -0.4 is 20.1 Å². The first-order chi connectivity index (χ1) is 15.6. The number of rotatable bonds is 7. The number of amides is 1. The van der Waals surface area contributed by atoms with Crippen molar-refractivity contribution in [1.29, 1.82) is 0 Å². The molecular weight excluding hydrogens is 476 g/mol. The monoisotopic (exact) mass is 494 g/mol. The third-order valence-electron chi connectivity index (χ3n) is 4.46. The van der Waals surface area contributed by atoms with Gasteiger partial charge in [0.1, 0.15) is 16.0 Å². The Kier molecular flexibility index (Phi) is 6.31. The quantitative estimate of drug-likeness (QED) is 0.366. The molecule has 3 aromatic heterocycles. The molecule has 2 N–H and O–H groups in total. The summed E-state index contributed by atoms with van der Waals surface area (Å²) in [5.41, 5.74) is 1.49. The smallest absolute Gasteiger partial charge is 0.274 e. The molecule has 0 spiro atoms. The SMILES string of the molecule is COc1cc(NC(=O)c2cccc(Br)n2)ccc1Nc1nc(-n2cccc2)ncc1OC. The van der Waals surface area contributed by atoms with Gasteiger partial charge < -0.3 is 20.1 Å². The lowest BCUT2D eigenvalue weighted by molar-refractivity contribution is 0.102. The first kappa shape index (κ1) is 21.3. The van der Waals surface area contributed by atoms with Crippen LogP contribution >= 0.6 is 15.9 Å². The molecule has 0 aliphatic heterocycles. The van der Waals surface area contributed by atoms with Crippen LogP contribution in [0, 0.1) is 0 Å². The molecule has 0 atom stereocenters. The van der Waals surface area contributed by atoms with Gasteiger partial charge in [-0.15, -0.1) is 0 Å². The third-order valence-corrected chi connectivity index (χ3v) is 4.90. The maximum absolute atomic E-state index is 12.5. The fourth-order valence-corrected chi connectivity index (χ4v) is 3.27. The molecule has 10 heteroatoms. The number of nitrogens with zero attached hydrogens (tertiary/aromatic N) is 4. The molecule has 0 radical (unpaired) electrons. The van der Waals surface area contributed by atoms with Gasteiger partial charge in [0.25, 0.3) is 5.91 Å². The number of nitrogens with one attached hydrogen (secondary N) is 2. The standard InChI is InChI=1S/C22H19BrN6O3/c1-31-17-12-14(25-21(30)16-6-5-7-19(23)26-16)8-9-15(17)27-20-18(32-2)13-24-22(28-20)29-10-3-4-11-29/h3-13H,1-2H3,(H,25,30)(H,24,27,28). The Morgan fingerprint density at radius 2 is 1.78 bits per heavy atom. The van der Waals surface area contributed by atoms with Gasteiger partial charge in [-0.25, -0.2) is 9.97 Å². The zero-order chi connectivity index (χ0) is 22.5. The molecule has 0 bridgehead atoms. The number of benzene rings is 1. The van der Waals surface area contributed by atoms with Gasteiger partial charge in [0.05, 0.1) is 26.1 Å². The minimum absolute atomic E-state index is 0.295. The molecule has 0 unspecified atom stereocenters. The molecule has 4 aromatic rings. The summed E-state index contributed by atoms with van der Waals surface area (Å²) >= 11 is 3.27. The zero-order valence-electron chi connectivity index (χ0n) is 17.2. The number of hydrogen-bond acceptors (Lipinski definition) is 7. The van der Waals surface area contributed by atoms with Crippen molar-refractivity contribution in [2.24, 2.45) is 0 Å². The summed E-state index contributed by atoms with van der Waals surface area (Å²) in [7, 11) is 3.09. The normalized spacial score (nSPS) is 10.5. The Morgan fingerprint density at radius 3 is 2.50 bits per heavy atom. The van der Waals surface area contributed by atoms with Crippen LogP contribution in [0.4, 0.5) is 17.2 Å². The molecule has 3 heterocycles. The van der Waals surface area contributed by atoms with Crippen molar-refractivity contribution in [2.45, 2.75) is 0 Å². The van der Waals surface area contributed by atoms with E-state index in [1.165, 1.54) is 0 Å². The lowest BCUT2D eigenvalue weighted by atomic mass is 10.2. The maximum Gasteiger partial charge on any atom is 0.274 e. The van der Waals surface area contributed by atoms with Crippen molar-refractivity contribution in [3.8, 4) is 17.4 Å². The molecule has 0 saturated carbocycles. The Labute approximate surface area is 192 Å². The van der Waals surface area contributed by atoms with E-state index in [-0.39, 0.29) is 5.91 Å². The van der Waals surface area contributed by atoms with Gasteiger partial charge >= 0.3 is 0 Å². The molecule has 0 aliphatic carbocycles. The number of hydrogen-bond donors (Lipinski definition) is 2. The first-order valence-electron chi connectivity index (χ1n) is 9.50. The van der Waals surface area contributed by atoms with E-state index in [0.29, 0.717) is 44.9 Å². The average Bonchev–Trinajstić information content (AvgIpc) is 3.35. The zero-order valence-corrected chi connectivity index (χ0v) is 18.8. The minimum atomic E-state index is -0.331. The van der Waals surface area contributed by atoms with E-state index >= 15 is 0 Å². The van der Waals surface area contributed by atoms with Crippen LogP contribution in [0.1, 0.15) is 10.5 Å². The number of anilines is 3. The van der Waals surface area contributed by atoms with Gasteiger partial charge in [-0.1, -0.05) is 6.07 Å². The van der Waals surface area contributed by atoms with E-state index in [0.717, 1.165) is 0 Å². The van der Waals surface area contributed by atoms with Crippen LogP contribution in [0.5, 0.6) is 11.5 Å². The van der Waals surface area contributed by atoms with Gasteiger partial charge in [-0.3, -0.25) is 9.36 Å². The molecule has 0 fully saturated rings. The summed E-state index contributed by atoms with van der Waals surface area (Å²) in [6.45, 7) is 0. The third kappa shape index (κ3) is 4.70. The van der Waals surface area contributed by atoms with Crippen molar-refractivity contribution in [1.82, 2.24) is 19.5 Å². The maximum atomic E-state index is 12.5. The van der Waals surface area contributed by atoms with Gasteiger partial charge in [0.2, 0.25) is 5.95 Å². The van der Waals surface area contributed by atoms with Gasteiger partial charge in [0.15, 0.2) is 11.6 Å². The topological polar surface area (TPSA) is 103 Å². The van der Waals surface area contributed by atoms with Crippen molar-refractivity contribution >= 4 is 39.0 Å². The van der Waals surface area contributed by atoms with E-state index < -0.39 is 0 Å². The number of carbonyl (C=O) groups is 1.